The van der Waals surface area contributed by atoms with E-state index in [0.717, 1.165) is 62.4 Å². The molecule has 0 unspecified atom stereocenters. The number of pyridine rings is 1. The minimum absolute atomic E-state index is 0.105. The van der Waals surface area contributed by atoms with E-state index in [2.05, 4.69) is 32.3 Å². The third-order valence-corrected chi connectivity index (χ3v) is 5.84. The number of amides is 1. The summed E-state index contributed by atoms with van der Waals surface area (Å²) < 4.78 is 7.24. The number of hydrogen-bond donors (Lipinski definition) is 1. The van der Waals surface area contributed by atoms with Gasteiger partial charge in [0.25, 0.3) is 5.91 Å². The minimum Gasteiger partial charge on any atom is -0.495 e. The number of fused-ring (bicyclic) bond motifs is 1. The van der Waals surface area contributed by atoms with E-state index < -0.39 is 0 Å². The first kappa shape index (κ1) is 21.2. The van der Waals surface area contributed by atoms with Gasteiger partial charge in [-0.2, -0.15) is 5.10 Å². The molecule has 7 heteroatoms. The summed E-state index contributed by atoms with van der Waals surface area (Å²) in [7, 11) is 1.73. The SMILES string of the molecule is COc1ccccc1N1CCN(CCCCNC(=O)c2cc3cc(C)ccn3n2)CC1. The topological polar surface area (TPSA) is 62.1 Å². The van der Waals surface area contributed by atoms with E-state index in [-0.39, 0.29) is 5.91 Å². The van der Waals surface area contributed by atoms with Crippen molar-refractivity contribution in [3.8, 4) is 5.75 Å². The molecule has 7 nitrogen and oxygen atoms in total. The van der Waals surface area contributed by atoms with Gasteiger partial charge in [-0.3, -0.25) is 9.69 Å². The summed E-state index contributed by atoms with van der Waals surface area (Å²) >= 11 is 0. The first-order valence-electron chi connectivity index (χ1n) is 11.0. The number of carbonyl (C=O) groups excluding carboxylic acids is 1. The predicted octanol–water partition coefficient (Wildman–Crippen LogP) is 2.98. The van der Waals surface area contributed by atoms with E-state index in [1.54, 1.807) is 11.6 Å². The summed E-state index contributed by atoms with van der Waals surface area (Å²) in [5, 5.41) is 7.35. The Labute approximate surface area is 183 Å². The van der Waals surface area contributed by atoms with Gasteiger partial charge in [0, 0.05) is 38.9 Å². The highest BCUT2D eigenvalue weighted by Crippen LogP contribution is 2.28. The van der Waals surface area contributed by atoms with Crippen molar-refractivity contribution >= 4 is 17.1 Å². The van der Waals surface area contributed by atoms with Crippen molar-refractivity contribution in [2.75, 3.05) is 51.3 Å². The Kier molecular flexibility index (Phi) is 6.72. The number of methoxy groups -OCH3 is 1. The minimum atomic E-state index is -0.105. The van der Waals surface area contributed by atoms with Gasteiger partial charge in [-0.05, 0) is 62.2 Å². The lowest BCUT2D eigenvalue weighted by atomic mass is 10.2. The highest BCUT2D eigenvalue weighted by Gasteiger charge is 2.19. The number of aromatic nitrogens is 2. The lowest BCUT2D eigenvalue weighted by Gasteiger charge is -2.36. The quantitative estimate of drug-likeness (QED) is 0.567. The van der Waals surface area contributed by atoms with Gasteiger partial charge in [-0.15, -0.1) is 0 Å². The van der Waals surface area contributed by atoms with E-state index in [9.17, 15) is 4.79 Å². The molecule has 0 saturated carbocycles. The fourth-order valence-electron chi connectivity index (χ4n) is 4.07. The van der Waals surface area contributed by atoms with Crippen molar-refractivity contribution in [3.05, 3.63) is 59.9 Å². The molecule has 1 aliphatic heterocycles. The number of carbonyl (C=O) groups is 1. The lowest BCUT2D eigenvalue weighted by Crippen LogP contribution is -2.46. The molecule has 3 heterocycles. The summed E-state index contributed by atoms with van der Waals surface area (Å²) in [6, 6.07) is 14.1. The molecule has 0 radical (unpaired) electrons. The number of piperazine rings is 1. The molecular weight excluding hydrogens is 390 g/mol. The first-order valence-corrected chi connectivity index (χ1v) is 11.0. The maximum atomic E-state index is 12.4. The molecule has 1 aliphatic rings. The van der Waals surface area contributed by atoms with Crippen molar-refractivity contribution in [1.29, 1.82) is 0 Å². The maximum absolute atomic E-state index is 12.4. The van der Waals surface area contributed by atoms with Gasteiger partial charge in [0.15, 0.2) is 5.69 Å². The van der Waals surface area contributed by atoms with Gasteiger partial charge in [-0.25, -0.2) is 4.52 Å². The van der Waals surface area contributed by atoms with Crippen molar-refractivity contribution in [1.82, 2.24) is 19.8 Å². The molecule has 31 heavy (non-hydrogen) atoms. The number of nitrogens with one attached hydrogen (secondary N) is 1. The Balaban J connectivity index is 1.16. The van der Waals surface area contributed by atoms with Crippen LogP contribution >= 0.6 is 0 Å². The number of aryl methyl sites for hydroxylation is 1. The molecule has 0 aliphatic carbocycles. The zero-order valence-electron chi connectivity index (χ0n) is 18.4. The second-order valence-corrected chi connectivity index (χ2v) is 8.07. The molecule has 2 aromatic heterocycles. The van der Waals surface area contributed by atoms with Crippen LogP contribution < -0.4 is 15.0 Å². The van der Waals surface area contributed by atoms with Crippen molar-refractivity contribution in [2.45, 2.75) is 19.8 Å². The summed E-state index contributed by atoms with van der Waals surface area (Å²) in [6.07, 6.45) is 3.92. The van der Waals surface area contributed by atoms with Crippen LogP contribution in [0.5, 0.6) is 5.75 Å². The molecule has 0 spiro atoms. The molecule has 1 fully saturated rings. The van der Waals surface area contributed by atoms with Crippen molar-refractivity contribution in [3.63, 3.8) is 0 Å². The summed E-state index contributed by atoms with van der Waals surface area (Å²) in [4.78, 5) is 17.3. The lowest BCUT2D eigenvalue weighted by molar-refractivity contribution is 0.0947. The van der Waals surface area contributed by atoms with Gasteiger partial charge in [-0.1, -0.05) is 12.1 Å². The Hall–Kier alpha value is -3.06. The standard InChI is InChI=1S/C24H31N5O2/c1-19-9-12-29-20(17-19)18-21(26-29)24(30)25-10-5-6-11-27-13-15-28(16-14-27)22-7-3-4-8-23(22)31-2/h3-4,7-9,12,17-18H,5-6,10-11,13-16H2,1-2H3,(H,25,30). The zero-order chi connectivity index (χ0) is 21.6. The Morgan fingerprint density at radius 3 is 2.71 bits per heavy atom. The molecule has 1 aromatic carbocycles. The number of hydrogen-bond acceptors (Lipinski definition) is 5. The van der Waals surface area contributed by atoms with Crippen LogP contribution in [0.3, 0.4) is 0 Å². The van der Waals surface area contributed by atoms with E-state index in [4.69, 9.17) is 4.74 Å². The van der Waals surface area contributed by atoms with E-state index >= 15 is 0 Å². The van der Waals surface area contributed by atoms with Crippen LogP contribution in [0, 0.1) is 6.92 Å². The number of anilines is 1. The fourth-order valence-corrected chi connectivity index (χ4v) is 4.07. The summed E-state index contributed by atoms with van der Waals surface area (Å²) in [5.41, 5.74) is 3.74. The summed E-state index contributed by atoms with van der Waals surface area (Å²) in [6.45, 7) is 7.87. The molecule has 4 rings (SSSR count). The molecule has 1 N–H and O–H groups in total. The van der Waals surface area contributed by atoms with Crippen LogP contribution in [0.15, 0.2) is 48.7 Å². The average molecular weight is 422 g/mol. The van der Waals surface area contributed by atoms with Gasteiger partial charge < -0.3 is 15.0 Å². The number of nitrogens with zero attached hydrogens (tertiary/aromatic N) is 4. The normalized spacial score (nSPS) is 14.7. The third kappa shape index (κ3) is 5.17. The van der Waals surface area contributed by atoms with Crippen LogP contribution in [0.2, 0.25) is 0 Å². The van der Waals surface area contributed by atoms with Crippen LogP contribution in [-0.2, 0) is 0 Å². The molecule has 0 bridgehead atoms. The Morgan fingerprint density at radius 2 is 1.90 bits per heavy atom. The number of unbranched alkanes of at least 4 members (excludes halogenated alkanes) is 1. The van der Waals surface area contributed by atoms with Crippen LogP contribution in [0.4, 0.5) is 5.69 Å². The molecule has 0 atom stereocenters. The smallest absolute Gasteiger partial charge is 0.271 e. The average Bonchev–Trinajstić information content (AvgIpc) is 3.22. The van der Waals surface area contributed by atoms with Gasteiger partial charge in [0.05, 0.1) is 18.3 Å². The summed E-state index contributed by atoms with van der Waals surface area (Å²) in [5.74, 6) is 0.833. The third-order valence-electron chi connectivity index (χ3n) is 5.84. The number of benzene rings is 1. The Morgan fingerprint density at radius 1 is 1.10 bits per heavy atom. The molecule has 1 saturated heterocycles. The first-order chi connectivity index (χ1) is 15.1. The highest BCUT2D eigenvalue weighted by molar-refractivity contribution is 5.93. The monoisotopic (exact) mass is 421 g/mol. The highest BCUT2D eigenvalue weighted by atomic mass is 16.5. The number of ether oxygens (including phenoxy) is 1. The maximum Gasteiger partial charge on any atom is 0.271 e. The molecule has 1 amide bonds. The van der Waals surface area contributed by atoms with Crippen molar-refractivity contribution in [2.24, 2.45) is 0 Å². The van der Waals surface area contributed by atoms with Gasteiger partial charge in [0.2, 0.25) is 0 Å². The number of rotatable bonds is 8. The van der Waals surface area contributed by atoms with Gasteiger partial charge >= 0.3 is 0 Å². The van der Waals surface area contributed by atoms with Crippen LogP contribution in [0.25, 0.3) is 5.52 Å². The number of para-hydroxylation sites is 2. The molecule has 3 aromatic rings. The van der Waals surface area contributed by atoms with E-state index in [0.29, 0.717) is 12.2 Å². The molecular formula is C24H31N5O2. The largest absolute Gasteiger partial charge is 0.495 e. The van der Waals surface area contributed by atoms with E-state index in [1.807, 2.05) is 43.5 Å². The van der Waals surface area contributed by atoms with Crippen LogP contribution in [0.1, 0.15) is 28.9 Å². The van der Waals surface area contributed by atoms with Crippen LogP contribution in [-0.4, -0.2) is 66.8 Å². The molecule has 164 valence electrons. The van der Waals surface area contributed by atoms with Gasteiger partial charge in [0.1, 0.15) is 5.75 Å². The van der Waals surface area contributed by atoms with Crippen molar-refractivity contribution < 1.29 is 9.53 Å². The zero-order valence-corrected chi connectivity index (χ0v) is 18.4. The second-order valence-electron chi connectivity index (χ2n) is 8.07. The Bertz CT molecular complexity index is 1020. The predicted molar refractivity (Wildman–Crippen MR) is 123 cm³/mol. The fraction of sp³-hybridized carbons (Fsp3) is 0.417. The second kappa shape index (κ2) is 9.83. The van der Waals surface area contributed by atoms with E-state index in [1.165, 1.54) is 5.69 Å².